The van der Waals surface area contributed by atoms with Gasteiger partial charge in [0.25, 0.3) is 0 Å². The number of fused-ring (bicyclic) bond motifs is 1. The number of aromatic nitrogens is 3. The lowest BCUT2D eigenvalue weighted by Crippen LogP contribution is -2.25. The Bertz CT molecular complexity index is 1160. The van der Waals surface area contributed by atoms with Crippen LogP contribution < -0.4 is 4.72 Å². The summed E-state index contributed by atoms with van der Waals surface area (Å²) in [4.78, 5) is 0. The molecule has 1 aromatic carbocycles. The van der Waals surface area contributed by atoms with Crippen molar-refractivity contribution in [2.45, 2.75) is 6.54 Å². The quantitative estimate of drug-likeness (QED) is 0.533. The molecule has 8 heteroatoms. The number of rotatable bonds is 7. The zero-order valence-electron chi connectivity index (χ0n) is 14.4. The molecule has 0 saturated heterocycles. The third kappa shape index (κ3) is 4.02. The number of hydrogen-bond acceptors (Lipinski definition) is 4. The molecule has 3 aromatic heterocycles. The van der Waals surface area contributed by atoms with E-state index in [1.165, 1.54) is 5.41 Å². The van der Waals surface area contributed by atoms with E-state index in [1.54, 1.807) is 16.9 Å². The van der Waals surface area contributed by atoms with Crippen molar-refractivity contribution in [3.63, 3.8) is 0 Å². The molecule has 4 rings (SSSR count). The van der Waals surface area contributed by atoms with Crippen molar-refractivity contribution in [1.82, 2.24) is 18.9 Å². The highest BCUT2D eigenvalue weighted by molar-refractivity contribution is 7.92. The fraction of sp³-hybridized carbons (Fsp3) is 0.105. The highest BCUT2D eigenvalue weighted by atomic mass is 32.2. The fourth-order valence-corrected chi connectivity index (χ4v) is 3.56. The average molecular weight is 382 g/mol. The van der Waals surface area contributed by atoms with Gasteiger partial charge in [-0.05, 0) is 23.8 Å². The average Bonchev–Trinajstić information content (AvgIpc) is 3.38. The molecule has 1 N–H and O–H groups in total. The van der Waals surface area contributed by atoms with Crippen LogP contribution in [0.15, 0.2) is 77.0 Å². The number of hydrogen-bond donors (Lipinski definition) is 1. The Hall–Kier alpha value is -3.10. The summed E-state index contributed by atoms with van der Waals surface area (Å²) in [7, 11) is -3.50. The Morgan fingerprint density at radius 2 is 1.96 bits per heavy atom. The third-order valence-electron chi connectivity index (χ3n) is 4.07. The van der Waals surface area contributed by atoms with Crippen LogP contribution in [0.3, 0.4) is 0 Å². The molecule has 0 amide bonds. The van der Waals surface area contributed by atoms with Crippen LogP contribution in [0.2, 0.25) is 0 Å². The summed E-state index contributed by atoms with van der Waals surface area (Å²) in [6.07, 6.45) is 6.86. The Labute approximate surface area is 156 Å². The minimum atomic E-state index is -3.50. The van der Waals surface area contributed by atoms with E-state index < -0.39 is 10.0 Å². The van der Waals surface area contributed by atoms with Gasteiger partial charge in [0.05, 0.1) is 6.26 Å². The van der Waals surface area contributed by atoms with E-state index in [0.717, 1.165) is 16.9 Å². The molecule has 0 aliphatic rings. The standard InChI is InChI=1S/C19H18N4O3S/c24-27(25,14-8-16-5-2-1-3-6-16)20-9-10-22-11-12-23-19(22)15-17(21-23)18-7-4-13-26-18/h1-8,11-15,20H,9-10H2. The van der Waals surface area contributed by atoms with Crippen LogP contribution in [0.25, 0.3) is 23.2 Å². The van der Waals surface area contributed by atoms with Crippen molar-refractivity contribution in [3.8, 4) is 11.5 Å². The van der Waals surface area contributed by atoms with Gasteiger partial charge in [0, 0.05) is 37.0 Å². The van der Waals surface area contributed by atoms with E-state index in [1.807, 2.05) is 65.5 Å². The van der Waals surface area contributed by atoms with Crippen molar-refractivity contribution in [2.24, 2.45) is 0 Å². The predicted molar refractivity (Wildman–Crippen MR) is 103 cm³/mol. The predicted octanol–water partition coefficient (Wildman–Crippen LogP) is 2.99. The van der Waals surface area contributed by atoms with E-state index in [4.69, 9.17) is 4.42 Å². The molecule has 0 radical (unpaired) electrons. The molecular formula is C19H18N4O3S. The minimum Gasteiger partial charge on any atom is -0.463 e. The lowest BCUT2D eigenvalue weighted by molar-refractivity contribution is 0.579. The van der Waals surface area contributed by atoms with Gasteiger partial charge in [-0.1, -0.05) is 30.3 Å². The van der Waals surface area contributed by atoms with Crippen molar-refractivity contribution < 1.29 is 12.8 Å². The molecule has 0 aliphatic heterocycles. The molecule has 27 heavy (non-hydrogen) atoms. The SMILES string of the molecule is O=S(=O)(C=Cc1ccccc1)NCCn1ccn2nc(-c3ccco3)cc12. The van der Waals surface area contributed by atoms with Crippen molar-refractivity contribution in [1.29, 1.82) is 0 Å². The molecule has 0 fully saturated rings. The largest absolute Gasteiger partial charge is 0.463 e. The van der Waals surface area contributed by atoms with Crippen molar-refractivity contribution >= 4 is 21.7 Å². The van der Waals surface area contributed by atoms with Crippen LogP contribution in [0.1, 0.15) is 5.56 Å². The van der Waals surface area contributed by atoms with E-state index >= 15 is 0 Å². The number of imidazole rings is 1. The zero-order chi connectivity index (χ0) is 18.7. The number of furan rings is 1. The Morgan fingerprint density at radius 3 is 2.74 bits per heavy atom. The topological polar surface area (TPSA) is 81.5 Å². The molecule has 138 valence electrons. The van der Waals surface area contributed by atoms with Crippen molar-refractivity contribution in [2.75, 3.05) is 6.54 Å². The maximum absolute atomic E-state index is 12.1. The van der Waals surface area contributed by atoms with E-state index in [0.29, 0.717) is 12.3 Å². The van der Waals surface area contributed by atoms with Crippen LogP contribution >= 0.6 is 0 Å². The van der Waals surface area contributed by atoms with Gasteiger partial charge < -0.3 is 8.98 Å². The van der Waals surface area contributed by atoms with E-state index in [2.05, 4.69) is 9.82 Å². The van der Waals surface area contributed by atoms with Gasteiger partial charge in [-0.3, -0.25) is 0 Å². The zero-order valence-corrected chi connectivity index (χ0v) is 15.2. The van der Waals surface area contributed by atoms with Gasteiger partial charge in [0.1, 0.15) is 11.3 Å². The maximum atomic E-state index is 12.1. The summed E-state index contributed by atoms with van der Waals surface area (Å²) < 4.78 is 35.9. The summed E-state index contributed by atoms with van der Waals surface area (Å²) in [6.45, 7) is 0.755. The fourth-order valence-electron chi connectivity index (χ4n) is 2.75. The first-order valence-corrected chi connectivity index (χ1v) is 9.97. The summed E-state index contributed by atoms with van der Waals surface area (Å²) in [5.74, 6) is 0.692. The number of nitrogens with zero attached hydrogens (tertiary/aromatic N) is 3. The molecule has 7 nitrogen and oxygen atoms in total. The van der Waals surface area contributed by atoms with Crippen LogP contribution in [-0.2, 0) is 16.6 Å². The summed E-state index contributed by atoms with van der Waals surface area (Å²) in [5, 5.41) is 5.63. The van der Waals surface area contributed by atoms with Crippen LogP contribution in [0.4, 0.5) is 0 Å². The van der Waals surface area contributed by atoms with E-state index in [9.17, 15) is 8.42 Å². The highest BCUT2D eigenvalue weighted by Gasteiger charge is 2.11. The summed E-state index contributed by atoms with van der Waals surface area (Å²) in [6, 6.07) is 14.9. The van der Waals surface area contributed by atoms with Gasteiger partial charge in [-0.15, -0.1) is 0 Å². The lowest BCUT2D eigenvalue weighted by Gasteiger charge is -2.04. The molecular weight excluding hydrogens is 364 g/mol. The van der Waals surface area contributed by atoms with Crippen LogP contribution in [-0.4, -0.2) is 29.1 Å². The first-order chi connectivity index (χ1) is 13.1. The second-order valence-corrected chi connectivity index (χ2v) is 7.60. The van der Waals surface area contributed by atoms with Crippen molar-refractivity contribution in [3.05, 3.63) is 78.2 Å². The van der Waals surface area contributed by atoms with Gasteiger partial charge in [-0.25, -0.2) is 17.7 Å². The third-order valence-corrected chi connectivity index (χ3v) is 5.17. The van der Waals surface area contributed by atoms with Gasteiger partial charge >= 0.3 is 0 Å². The highest BCUT2D eigenvalue weighted by Crippen LogP contribution is 2.20. The first-order valence-electron chi connectivity index (χ1n) is 8.42. The number of sulfonamides is 1. The Morgan fingerprint density at radius 1 is 1.11 bits per heavy atom. The number of benzene rings is 1. The second kappa shape index (κ2) is 7.26. The molecule has 0 saturated carbocycles. The van der Waals surface area contributed by atoms with Crippen LogP contribution in [0, 0.1) is 0 Å². The second-order valence-electron chi connectivity index (χ2n) is 5.95. The molecule has 0 spiro atoms. The Kier molecular flexibility index (Phi) is 4.66. The smallest absolute Gasteiger partial charge is 0.233 e. The molecule has 0 atom stereocenters. The molecule has 4 aromatic rings. The monoisotopic (exact) mass is 382 g/mol. The molecule has 0 unspecified atom stereocenters. The summed E-state index contributed by atoms with van der Waals surface area (Å²) in [5.41, 5.74) is 2.43. The normalized spacial score (nSPS) is 12.3. The lowest BCUT2D eigenvalue weighted by atomic mass is 10.2. The Balaban J connectivity index is 1.41. The molecule has 3 heterocycles. The van der Waals surface area contributed by atoms with Gasteiger partial charge in [0.15, 0.2) is 5.76 Å². The first kappa shape index (κ1) is 17.3. The molecule has 0 aliphatic carbocycles. The molecule has 0 bridgehead atoms. The minimum absolute atomic E-state index is 0.271. The number of nitrogens with one attached hydrogen (secondary N) is 1. The summed E-state index contributed by atoms with van der Waals surface area (Å²) >= 11 is 0. The van der Waals surface area contributed by atoms with E-state index in [-0.39, 0.29) is 6.54 Å². The van der Waals surface area contributed by atoms with Crippen LogP contribution in [0.5, 0.6) is 0 Å². The van der Waals surface area contributed by atoms with Gasteiger partial charge in [-0.2, -0.15) is 5.10 Å². The van der Waals surface area contributed by atoms with Gasteiger partial charge in [0.2, 0.25) is 10.0 Å². The maximum Gasteiger partial charge on any atom is 0.233 e.